The van der Waals surface area contributed by atoms with Crippen LogP contribution in [0, 0.1) is 10.1 Å². The second-order valence-corrected chi connectivity index (χ2v) is 8.19. The number of pyridine rings is 1. The van der Waals surface area contributed by atoms with Crippen molar-refractivity contribution in [2.24, 2.45) is 4.99 Å². The van der Waals surface area contributed by atoms with Gasteiger partial charge in [0.05, 0.1) is 15.5 Å². The van der Waals surface area contributed by atoms with Crippen LogP contribution in [0.4, 0.5) is 11.4 Å². The molecule has 0 radical (unpaired) electrons. The van der Waals surface area contributed by atoms with Crippen LogP contribution in [0.25, 0.3) is 6.08 Å². The molecular weight excluding hydrogens is 484 g/mol. The number of hydrogen-bond donors (Lipinski definition) is 1. The van der Waals surface area contributed by atoms with Gasteiger partial charge < -0.3 is 10.1 Å². The van der Waals surface area contributed by atoms with E-state index in [1.165, 1.54) is 23.9 Å². The zero-order chi connectivity index (χ0) is 21.8. The molecule has 0 bridgehead atoms. The second-order valence-electron chi connectivity index (χ2n) is 6.24. The predicted octanol–water partition coefficient (Wildman–Crippen LogP) is 5.44. The number of amidine groups is 1. The highest BCUT2D eigenvalue weighted by atomic mass is 79.9. The molecule has 0 aliphatic carbocycles. The van der Waals surface area contributed by atoms with E-state index in [2.05, 4.69) is 31.2 Å². The van der Waals surface area contributed by atoms with Crippen molar-refractivity contribution in [2.45, 2.75) is 0 Å². The lowest BCUT2D eigenvalue weighted by molar-refractivity contribution is -0.385. The Bertz CT molecular complexity index is 1190. The molecule has 3 aromatic rings. The van der Waals surface area contributed by atoms with Gasteiger partial charge in [-0.2, -0.15) is 0 Å². The molecule has 0 saturated carbocycles. The first-order chi connectivity index (χ1) is 15.0. The summed E-state index contributed by atoms with van der Waals surface area (Å²) in [6.45, 7) is 0. The van der Waals surface area contributed by atoms with E-state index in [1.807, 2.05) is 24.3 Å². The largest absolute Gasteiger partial charge is 0.439 e. The number of nitrogens with one attached hydrogen (secondary N) is 1. The number of aliphatic imine (C=N–C) groups is 1. The molecule has 2 heterocycles. The molecule has 1 saturated heterocycles. The van der Waals surface area contributed by atoms with Crippen LogP contribution in [0.1, 0.15) is 5.56 Å². The van der Waals surface area contributed by atoms with E-state index in [9.17, 15) is 14.9 Å². The van der Waals surface area contributed by atoms with Crippen molar-refractivity contribution in [2.75, 3.05) is 0 Å². The van der Waals surface area contributed by atoms with Gasteiger partial charge in [-0.1, -0.05) is 28.1 Å². The summed E-state index contributed by atoms with van der Waals surface area (Å²) < 4.78 is 6.55. The number of carbonyl (C=O) groups is 1. The van der Waals surface area contributed by atoms with E-state index in [4.69, 9.17) is 4.74 Å². The van der Waals surface area contributed by atoms with E-state index in [-0.39, 0.29) is 17.5 Å². The SMILES string of the molecule is O=C1NC(=Nc2ccc(Br)cc2)S/C1=C\c1ccc(Oc2ccc([N+](=O)[O-])cn2)cc1. The summed E-state index contributed by atoms with van der Waals surface area (Å²) in [6, 6.07) is 17.3. The maximum atomic E-state index is 12.2. The third-order valence-corrected chi connectivity index (χ3v) is 5.48. The Balaban J connectivity index is 1.43. The quantitative estimate of drug-likeness (QED) is 0.286. The van der Waals surface area contributed by atoms with Gasteiger partial charge in [-0.25, -0.2) is 9.98 Å². The Morgan fingerprint density at radius 2 is 1.84 bits per heavy atom. The Morgan fingerprint density at radius 1 is 1.10 bits per heavy atom. The second kappa shape index (κ2) is 9.11. The summed E-state index contributed by atoms with van der Waals surface area (Å²) in [5.74, 6) is 0.553. The normalized spacial score (nSPS) is 15.8. The molecule has 1 fully saturated rings. The molecular formula is C21H13BrN4O4S. The van der Waals surface area contributed by atoms with E-state index in [0.717, 1.165) is 21.9 Å². The van der Waals surface area contributed by atoms with Crippen molar-refractivity contribution >= 4 is 56.2 Å². The van der Waals surface area contributed by atoms with Gasteiger partial charge in [-0.15, -0.1) is 0 Å². The van der Waals surface area contributed by atoms with Crippen molar-refractivity contribution in [1.29, 1.82) is 0 Å². The lowest BCUT2D eigenvalue weighted by Gasteiger charge is -2.04. The average Bonchev–Trinajstić information content (AvgIpc) is 3.10. The summed E-state index contributed by atoms with van der Waals surface area (Å²) in [7, 11) is 0. The summed E-state index contributed by atoms with van der Waals surface area (Å²) in [4.78, 5) is 31.3. The van der Waals surface area contributed by atoms with E-state index >= 15 is 0 Å². The summed E-state index contributed by atoms with van der Waals surface area (Å²) in [5, 5.41) is 14.0. The number of benzene rings is 2. The number of nitro groups is 1. The average molecular weight is 497 g/mol. The number of ether oxygens (including phenoxy) is 1. The highest BCUT2D eigenvalue weighted by molar-refractivity contribution is 9.10. The first-order valence-electron chi connectivity index (χ1n) is 8.90. The Labute approximate surface area is 189 Å². The van der Waals surface area contributed by atoms with Crippen LogP contribution in [0.2, 0.25) is 0 Å². The minimum Gasteiger partial charge on any atom is -0.439 e. The number of thioether (sulfide) groups is 1. The van der Waals surface area contributed by atoms with Crippen LogP contribution in [0.3, 0.4) is 0 Å². The molecule has 4 rings (SSSR count). The Morgan fingerprint density at radius 3 is 2.48 bits per heavy atom. The number of carbonyl (C=O) groups excluding carboxylic acids is 1. The van der Waals surface area contributed by atoms with Crippen molar-refractivity contribution in [1.82, 2.24) is 10.3 Å². The van der Waals surface area contributed by atoms with Crippen LogP contribution in [0.15, 0.2) is 81.2 Å². The van der Waals surface area contributed by atoms with Crippen molar-refractivity contribution in [3.63, 3.8) is 0 Å². The van der Waals surface area contributed by atoms with Gasteiger partial charge in [0.2, 0.25) is 5.88 Å². The molecule has 0 spiro atoms. The van der Waals surface area contributed by atoms with E-state index < -0.39 is 4.92 Å². The van der Waals surface area contributed by atoms with Gasteiger partial charge in [0.25, 0.3) is 11.6 Å². The molecule has 10 heteroatoms. The molecule has 31 heavy (non-hydrogen) atoms. The molecule has 8 nitrogen and oxygen atoms in total. The molecule has 1 N–H and O–H groups in total. The maximum absolute atomic E-state index is 12.2. The Kier molecular flexibility index (Phi) is 6.10. The monoisotopic (exact) mass is 496 g/mol. The fraction of sp³-hybridized carbons (Fsp3) is 0. The minimum atomic E-state index is -0.523. The van der Waals surface area contributed by atoms with Gasteiger partial charge in [0.15, 0.2) is 5.17 Å². The third kappa shape index (κ3) is 5.36. The first-order valence-corrected chi connectivity index (χ1v) is 10.5. The fourth-order valence-electron chi connectivity index (χ4n) is 2.56. The highest BCUT2D eigenvalue weighted by Gasteiger charge is 2.23. The smallest absolute Gasteiger partial charge is 0.287 e. The number of hydrogen-bond acceptors (Lipinski definition) is 7. The fourth-order valence-corrected chi connectivity index (χ4v) is 3.66. The first kappa shape index (κ1) is 20.8. The summed E-state index contributed by atoms with van der Waals surface area (Å²) in [5.41, 5.74) is 1.45. The number of aromatic nitrogens is 1. The van der Waals surface area contributed by atoms with Crippen molar-refractivity contribution in [3.05, 3.63) is 91.9 Å². The molecule has 1 aliphatic rings. The lowest BCUT2D eigenvalue weighted by atomic mass is 10.2. The van der Waals surface area contributed by atoms with Gasteiger partial charge in [0.1, 0.15) is 11.9 Å². The predicted molar refractivity (Wildman–Crippen MR) is 122 cm³/mol. The molecule has 1 amide bonds. The van der Waals surface area contributed by atoms with Crippen LogP contribution in [0.5, 0.6) is 11.6 Å². The topological polar surface area (TPSA) is 107 Å². The number of rotatable bonds is 5. The summed E-state index contributed by atoms with van der Waals surface area (Å²) in [6.07, 6.45) is 2.90. The molecule has 154 valence electrons. The van der Waals surface area contributed by atoms with E-state index in [1.54, 1.807) is 30.3 Å². The zero-order valence-electron chi connectivity index (χ0n) is 15.7. The zero-order valence-corrected chi connectivity index (χ0v) is 18.1. The number of nitrogens with zero attached hydrogens (tertiary/aromatic N) is 3. The molecule has 0 atom stereocenters. The number of amides is 1. The minimum absolute atomic E-state index is 0.107. The molecule has 1 aromatic heterocycles. The molecule has 1 aliphatic heterocycles. The van der Waals surface area contributed by atoms with Gasteiger partial charge >= 0.3 is 0 Å². The van der Waals surface area contributed by atoms with Crippen LogP contribution < -0.4 is 10.1 Å². The van der Waals surface area contributed by atoms with Crippen LogP contribution >= 0.6 is 27.7 Å². The van der Waals surface area contributed by atoms with E-state index in [0.29, 0.717) is 15.8 Å². The number of halogens is 1. The van der Waals surface area contributed by atoms with Gasteiger partial charge in [-0.05, 0) is 59.8 Å². The highest BCUT2D eigenvalue weighted by Crippen LogP contribution is 2.29. The summed E-state index contributed by atoms with van der Waals surface area (Å²) >= 11 is 4.64. The Hall–Kier alpha value is -3.50. The van der Waals surface area contributed by atoms with Crippen LogP contribution in [-0.4, -0.2) is 21.0 Å². The standard InChI is InChI=1S/C21H13BrN4O4S/c22-14-3-5-15(6-4-14)24-21-25-20(27)18(31-21)11-13-1-8-17(9-2-13)30-19-10-7-16(12-23-19)26(28)29/h1-12H,(H,24,25,27)/b18-11-. The van der Waals surface area contributed by atoms with Gasteiger partial charge in [-0.3, -0.25) is 14.9 Å². The van der Waals surface area contributed by atoms with Crippen LogP contribution in [-0.2, 0) is 4.79 Å². The van der Waals surface area contributed by atoms with Gasteiger partial charge in [0, 0.05) is 16.6 Å². The van der Waals surface area contributed by atoms with Crippen molar-refractivity contribution in [3.8, 4) is 11.6 Å². The van der Waals surface area contributed by atoms with Crippen molar-refractivity contribution < 1.29 is 14.5 Å². The third-order valence-electron chi connectivity index (χ3n) is 4.04. The molecule has 0 unspecified atom stereocenters. The molecule has 2 aromatic carbocycles. The lowest BCUT2D eigenvalue weighted by Crippen LogP contribution is -2.19. The maximum Gasteiger partial charge on any atom is 0.287 e.